The van der Waals surface area contributed by atoms with E-state index in [-0.39, 0.29) is 12.2 Å². The molecule has 0 spiro atoms. The molecular formula is C10H21NO3. The lowest BCUT2D eigenvalue weighted by Crippen LogP contribution is -2.59. The van der Waals surface area contributed by atoms with Gasteiger partial charge in [-0.1, -0.05) is 6.92 Å². The maximum Gasteiger partial charge on any atom is 0.0986 e. The molecule has 0 bridgehead atoms. The van der Waals surface area contributed by atoms with Crippen molar-refractivity contribution >= 4 is 0 Å². The van der Waals surface area contributed by atoms with Crippen molar-refractivity contribution < 1.29 is 14.2 Å². The van der Waals surface area contributed by atoms with Crippen LogP contribution in [-0.2, 0) is 14.2 Å². The van der Waals surface area contributed by atoms with Crippen molar-refractivity contribution in [1.82, 2.24) is 5.32 Å². The quantitative estimate of drug-likeness (QED) is 0.609. The molecular weight excluding hydrogens is 182 g/mol. The largest absolute Gasteiger partial charge is 0.382 e. The Bertz CT molecular complexity index is 152. The van der Waals surface area contributed by atoms with Gasteiger partial charge >= 0.3 is 0 Å². The zero-order valence-electron chi connectivity index (χ0n) is 9.29. The standard InChI is InChI=1S/C10H21NO3/c1-4-11-8-7-9(10(8)13-3)14-6-5-12-2/h8-11H,4-7H2,1-3H3. The summed E-state index contributed by atoms with van der Waals surface area (Å²) in [5.41, 5.74) is 0. The third-order valence-electron chi connectivity index (χ3n) is 2.61. The van der Waals surface area contributed by atoms with Crippen LogP contribution in [0.25, 0.3) is 0 Å². The number of methoxy groups -OCH3 is 2. The summed E-state index contributed by atoms with van der Waals surface area (Å²) in [7, 11) is 3.42. The summed E-state index contributed by atoms with van der Waals surface area (Å²) in [6, 6.07) is 0.456. The second-order valence-corrected chi connectivity index (χ2v) is 3.50. The molecule has 0 radical (unpaired) electrons. The Kier molecular flexibility index (Phi) is 5.40. The molecule has 1 fully saturated rings. The molecule has 4 heteroatoms. The van der Waals surface area contributed by atoms with Crippen LogP contribution in [0.3, 0.4) is 0 Å². The minimum absolute atomic E-state index is 0.201. The molecule has 1 saturated carbocycles. The van der Waals surface area contributed by atoms with Crippen molar-refractivity contribution in [3.05, 3.63) is 0 Å². The lowest BCUT2D eigenvalue weighted by Gasteiger charge is -2.43. The monoisotopic (exact) mass is 203 g/mol. The first-order valence-corrected chi connectivity index (χ1v) is 5.20. The minimum atomic E-state index is 0.201. The topological polar surface area (TPSA) is 39.7 Å². The van der Waals surface area contributed by atoms with Gasteiger partial charge in [-0.25, -0.2) is 0 Å². The Balaban J connectivity index is 2.16. The molecule has 3 unspecified atom stereocenters. The van der Waals surface area contributed by atoms with E-state index in [9.17, 15) is 0 Å². The van der Waals surface area contributed by atoms with E-state index >= 15 is 0 Å². The number of likely N-dealkylation sites (N-methyl/N-ethyl adjacent to an activating group) is 1. The van der Waals surface area contributed by atoms with Gasteiger partial charge in [0.1, 0.15) is 0 Å². The molecule has 1 aliphatic rings. The van der Waals surface area contributed by atoms with Gasteiger partial charge in [0, 0.05) is 20.3 Å². The SMILES string of the molecule is CCNC1CC(OCCOC)C1OC. The molecule has 0 saturated heterocycles. The fourth-order valence-electron chi connectivity index (χ4n) is 1.81. The smallest absolute Gasteiger partial charge is 0.0986 e. The first kappa shape index (κ1) is 11.9. The van der Waals surface area contributed by atoms with E-state index in [0.29, 0.717) is 19.3 Å². The number of hydrogen-bond acceptors (Lipinski definition) is 4. The van der Waals surface area contributed by atoms with Gasteiger partial charge in [-0.15, -0.1) is 0 Å². The Morgan fingerprint density at radius 3 is 2.64 bits per heavy atom. The fraction of sp³-hybridized carbons (Fsp3) is 1.00. The average Bonchev–Trinajstić information content (AvgIpc) is 2.16. The van der Waals surface area contributed by atoms with Crippen molar-refractivity contribution in [3.8, 4) is 0 Å². The van der Waals surface area contributed by atoms with Gasteiger partial charge in [0.25, 0.3) is 0 Å². The van der Waals surface area contributed by atoms with Crippen molar-refractivity contribution in [2.24, 2.45) is 0 Å². The molecule has 0 amide bonds. The molecule has 0 heterocycles. The normalized spacial score (nSPS) is 31.5. The lowest BCUT2D eigenvalue weighted by atomic mass is 9.85. The van der Waals surface area contributed by atoms with Gasteiger partial charge in [-0.3, -0.25) is 0 Å². The first-order chi connectivity index (χ1) is 6.83. The first-order valence-electron chi connectivity index (χ1n) is 5.20. The lowest BCUT2D eigenvalue weighted by molar-refractivity contribution is -0.138. The van der Waals surface area contributed by atoms with Crippen LogP contribution in [0.1, 0.15) is 13.3 Å². The van der Waals surface area contributed by atoms with Crippen LogP contribution < -0.4 is 5.32 Å². The third kappa shape index (κ3) is 2.92. The molecule has 0 aromatic carbocycles. The zero-order valence-corrected chi connectivity index (χ0v) is 9.29. The minimum Gasteiger partial charge on any atom is -0.382 e. The molecule has 0 aliphatic heterocycles. The summed E-state index contributed by atoms with van der Waals surface area (Å²) in [6.45, 7) is 4.39. The van der Waals surface area contributed by atoms with Crippen molar-refractivity contribution in [1.29, 1.82) is 0 Å². The van der Waals surface area contributed by atoms with Gasteiger partial charge in [-0.2, -0.15) is 0 Å². The van der Waals surface area contributed by atoms with E-state index in [1.807, 2.05) is 0 Å². The van der Waals surface area contributed by atoms with Crippen molar-refractivity contribution in [2.75, 3.05) is 34.0 Å². The van der Waals surface area contributed by atoms with Crippen LogP contribution in [0.4, 0.5) is 0 Å². The van der Waals surface area contributed by atoms with E-state index in [2.05, 4.69) is 12.2 Å². The summed E-state index contributed by atoms with van der Waals surface area (Å²) < 4.78 is 15.9. The van der Waals surface area contributed by atoms with Crippen LogP contribution in [0.15, 0.2) is 0 Å². The van der Waals surface area contributed by atoms with E-state index < -0.39 is 0 Å². The summed E-state index contributed by atoms with van der Waals surface area (Å²) >= 11 is 0. The number of nitrogens with one attached hydrogen (secondary N) is 1. The maximum absolute atomic E-state index is 5.61. The van der Waals surface area contributed by atoms with Gasteiger partial charge < -0.3 is 19.5 Å². The highest BCUT2D eigenvalue weighted by Gasteiger charge is 2.41. The van der Waals surface area contributed by atoms with Crippen molar-refractivity contribution in [3.63, 3.8) is 0 Å². The van der Waals surface area contributed by atoms with Gasteiger partial charge in [0.05, 0.1) is 25.4 Å². The molecule has 84 valence electrons. The van der Waals surface area contributed by atoms with E-state index in [4.69, 9.17) is 14.2 Å². The Hall–Kier alpha value is -0.160. The molecule has 14 heavy (non-hydrogen) atoms. The predicted octanol–water partition coefficient (Wildman–Crippen LogP) is 0.415. The van der Waals surface area contributed by atoms with Gasteiger partial charge in [0.2, 0.25) is 0 Å². The molecule has 1 rings (SSSR count). The van der Waals surface area contributed by atoms with Crippen LogP contribution >= 0.6 is 0 Å². The summed E-state index contributed by atoms with van der Waals surface area (Å²) in [4.78, 5) is 0. The second kappa shape index (κ2) is 6.35. The number of rotatable bonds is 7. The average molecular weight is 203 g/mol. The van der Waals surface area contributed by atoms with Crippen LogP contribution in [-0.4, -0.2) is 52.2 Å². The zero-order chi connectivity index (χ0) is 10.4. The maximum atomic E-state index is 5.61. The Morgan fingerprint density at radius 1 is 1.29 bits per heavy atom. The van der Waals surface area contributed by atoms with E-state index in [0.717, 1.165) is 13.0 Å². The fourth-order valence-corrected chi connectivity index (χ4v) is 1.81. The Labute approximate surface area is 85.9 Å². The van der Waals surface area contributed by atoms with Crippen molar-refractivity contribution in [2.45, 2.75) is 31.6 Å². The van der Waals surface area contributed by atoms with Crippen LogP contribution in [0.5, 0.6) is 0 Å². The van der Waals surface area contributed by atoms with E-state index in [1.54, 1.807) is 14.2 Å². The summed E-state index contributed by atoms with van der Waals surface area (Å²) in [5, 5.41) is 3.37. The molecule has 4 nitrogen and oxygen atoms in total. The predicted molar refractivity (Wildman–Crippen MR) is 54.5 cm³/mol. The van der Waals surface area contributed by atoms with Crippen LogP contribution in [0, 0.1) is 0 Å². The highest BCUT2D eigenvalue weighted by molar-refractivity contribution is 4.96. The molecule has 0 aromatic rings. The molecule has 3 atom stereocenters. The van der Waals surface area contributed by atoms with Gasteiger partial charge in [-0.05, 0) is 13.0 Å². The molecule has 1 aliphatic carbocycles. The highest BCUT2D eigenvalue weighted by Crippen LogP contribution is 2.26. The third-order valence-corrected chi connectivity index (χ3v) is 2.61. The number of hydrogen-bond donors (Lipinski definition) is 1. The summed E-state index contributed by atoms with van der Waals surface area (Å²) in [6.07, 6.45) is 1.47. The van der Waals surface area contributed by atoms with Crippen LogP contribution in [0.2, 0.25) is 0 Å². The summed E-state index contributed by atoms with van der Waals surface area (Å²) in [5.74, 6) is 0. The van der Waals surface area contributed by atoms with E-state index in [1.165, 1.54) is 0 Å². The Morgan fingerprint density at radius 2 is 2.07 bits per heavy atom. The molecule has 1 N–H and O–H groups in total. The number of ether oxygens (including phenoxy) is 3. The molecule has 0 aromatic heterocycles. The second-order valence-electron chi connectivity index (χ2n) is 3.50. The van der Waals surface area contributed by atoms with Gasteiger partial charge in [0.15, 0.2) is 0 Å². The highest BCUT2D eigenvalue weighted by atomic mass is 16.6.